The molecule has 0 spiro atoms. The fourth-order valence-corrected chi connectivity index (χ4v) is 4.61. The molecule has 0 saturated carbocycles. The van der Waals surface area contributed by atoms with Crippen molar-refractivity contribution in [1.29, 1.82) is 0 Å². The number of benzene rings is 1. The number of hydrogen-bond donors (Lipinski definition) is 1. The number of anilines is 1. The molecule has 33 heavy (non-hydrogen) atoms. The topological polar surface area (TPSA) is 123 Å². The fraction of sp³-hybridized carbons (Fsp3) is 0.273. The largest absolute Gasteiger partial charge is 0.452 e. The molecule has 0 radical (unpaired) electrons. The van der Waals surface area contributed by atoms with Crippen molar-refractivity contribution in [2.75, 3.05) is 25.0 Å². The summed E-state index contributed by atoms with van der Waals surface area (Å²) >= 11 is 0. The number of amides is 1. The molecule has 1 aromatic carbocycles. The van der Waals surface area contributed by atoms with Crippen LogP contribution in [0.25, 0.3) is 5.82 Å². The van der Waals surface area contributed by atoms with Crippen LogP contribution in [0.15, 0.2) is 59.8 Å². The highest BCUT2D eigenvalue weighted by atomic mass is 32.2. The number of esters is 1. The van der Waals surface area contributed by atoms with Gasteiger partial charge in [-0.1, -0.05) is 19.9 Å². The van der Waals surface area contributed by atoms with Gasteiger partial charge in [0.2, 0.25) is 10.0 Å². The molecule has 0 fully saturated rings. The fourth-order valence-electron chi connectivity index (χ4n) is 3.15. The highest BCUT2D eigenvalue weighted by Crippen LogP contribution is 2.18. The Morgan fingerprint density at radius 3 is 2.39 bits per heavy atom. The zero-order valence-electron chi connectivity index (χ0n) is 18.6. The summed E-state index contributed by atoms with van der Waals surface area (Å²) < 4.78 is 33.0. The Kier molecular flexibility index (Phi) is 7.56. The number of carbonyl (C=O) groups is 2. The van der Waals surface area contributed by atoms with E-state index < -0.39 is 28.5 Å². The molecule has 10 nitrogen and oxygen atoms in total. The number of pyridine rings is 1. The Morgan fingerprint density at radius 2 is 1.79 bits per heavy atom. The summed E-state index contributed by atoms with van der Waals surface area (Å²) in [5, 5.41) is 6.73. The molecular formula is C22H25N5O5S. The van der Waals surface area contributed by atoms with Crippen LogP contribution in [0, 0.1) is 6.92 Å². The van der Waals surface area contributed by atoms with E-state index >= 15 is 0 Å². The molecule has 1 N–H and O–H groups in total. The average molecular weight is 472 g/mol. The van der Waals surface area contributed by atoms with Crippen molar-refractivity contribution in [2.24, 2.45) is 0 Å². The Balaban J connectivity index is 1.59. The van der Waals surface area contributed by atoms with Crippen molar-refractivity contribution in [1.82, 2.24) is 19.1 Å². The lowest BCUT2D eigenvalue weighted by Gasteiger charge is -2.18. The molecule has 2 heterocycles. The van der Waals surface area contributed by atoms with Crippen LogP contribution in [0.2, 0.25) is 0 Å². The molecule has 2 aromatic heterocycles. The van der Waals surface area contributed by atoms with Crippen LogP contribution in [0.1, 0.15) is 29.9 Å². The molecule has 0 bridgehead atoms. The van der Waals surface area contributed by atoms with E-state index in [9.17, 15) is 18.0 Å². The van der Waals surface area contributed by atoms with Gasteiger partial charge in [0.05, 0.1) is 16.8 Å². The Bertz CT molecular complexity index is 1220. The molecular weight excluding hydrogens is 446 g/mol. The SMILES string of the molecule is CCN(CC)S(=O)(=O)c1ccc(NC(=O)COC(=O)c2cnn(-c3ccccn3)c2C)cc1. The number of aromatic nitrogens is 3. The van der Waals surface area contributed by atoms with Gasteiger partial charge < -0.3 is 10.1 Å². The highest BCUT2D eigenvalue weighted by Gasteiger charge is 2.21. The zero-order chi connectivity index (χ0) is 24.0. The second-order valence-corrected chi connectivity index (χ2v) is 8.92. The minimum Gasteiger partial charge on any atom is -0.452 e. The molecule has 0 atom stereocenters. The molecule has 3 rings (SSSR count). The summed E-state index contributed by atoms with van der Waals surface area (Å²) in [6, 6.07) is 11.1. The first kappa shape index (κ1) is 24.1. The Hall–Kier alpha value is -3.57. The third-order valence-electron chi connectivity index (χ3n) is 4.91. The Labute approximate surface area is 192 Å². The van der Waals surface area contributed by atoms with E-state index in [0.29, 0.717) is 30.3 Å². The van der Waals surface area contributed by atoms with Gasteiger partial charge in [0.1, 0.15) is 5.56 Å². The summed E-state index contributed by atoms with van der Waals surface area (Å²) in [5.74, 6) is -0.693. The van der Waals surface area contributed by atoms with Gasteiger partial charge in [-0.15, -0.1) is 0 Å². The number of sulfonamides is 1. The summed E-state index contributed by atoms with van der Waals surface area (Å²) in [6.07, 6.45) is 2.98. The van der Waals surface area contributed by atoms with Gasteiger partial charge in [-0.3, -0.25) is 4.79 Å². The van der Waals surface area contributed by atoms with Gasteiger partial charge in [-0.05, 0) is 43.3 Å². The first-order valence-electron chi connectivity index (χ1n) is 10.3. The lowest BCUT2D eigenvalue weighted by molar-refractivity contribution is -0.119. The van der Waals surface area contributed by atoms with Gasteiger partial charge in [0.25, 0.3) is 5.91 Å². The van der Waals surface area contributed by atoms with E-state index in [1.165, 1.54) is 39.4 Å². The van der Waals surface area contributed by atoms with Gasteiger partial charge >= 0.3 is 5.97 Å². The standard InChI is InChI=1S/C22H25N5O5S/c1-4-26(5-2)33(30,31)18-11-9-17(10-12-18)25-21(28)15-32-22(29)19-14-24-27(16(19)3)20-8-6-7-13-23-20/h6-14H,4-5,15H2,1-3H3,(H,25,28). The molecule has 0 aliphatic heterocycles. The van der Waals surface area contributed by atoms with Gasteiger partial charge in [-0.25, -0.2) is 22.9 Å². The maximum Gasteiger partial charge on any atom is 0.342 e. The second-order valence-electron chi connectivity index (χ2n) is 6.98. The summed E-state index contributed by atoms with van der Waals surface area (Å²) in [6.45, 7) is 5.45. The Morgan fingerprint density at radius 1 is 1.09 bits per heavy atom. The number of ether oxygens (including phenoxy) is 1. The summed E-state index contributed by atoms with van der Waals surface area (Å²) in [7, 11) is -3.58. The normalized spacial score (nSPS) is 11.4. The van der Waals surface area contributed by atoms with Gasteiger partial charge in [0, 0.05) is 25.0 Å². The zero-order valence-corrected chi connectivity index (χ0v) is 19.4. The predicted molar refractivity (Wildman–Crippen MR) is 122 cm³/mol. The average Bonchev–Trinajstić information content (AvgIpc) is 3.20. The van der Waals surface area contributed by atoms with E-state index in [1.807, 2.05) is 0 Å². The third-order valence-corrected chi connectivity index (χ3v) is 6.98. The van der Waals surface area contributed by atoms with Crippen molar-refractivity contribution in [3.05, 3.63) is 66.1 Å². The summed E-state index contributed by atoms with van der Waals surface area (Å²) in [4.78, 5) is 28.9. The minimum atomic E-state index is -3.58. The lowest BCUT2D eigenvalue weighted by Crippen LogP contribution is -2.30. The van der Waals surface area contributed by atoms with Crippen LogP contribution >= 0.6 is 0 Å². The van der Waals surface area contributed by atoms with Crippen LogP contribution in [0.3, 0.4) is 0 Å². The number of hydrogen-bond acceptors (Lipinski definition) is 7. The van der Waals surface area contributed by atoms with Crippen molar-refractivity contribution in [3.8, 4) is 5.82 Å². The van der Waals surface area contributed by atoms with Crippen molar-refractivity contribution >= 4 is 27.6 Å². The van der Waals surface area contributed by atoms with E-state index in [4.69, 9.17) is 4.74 Å². The van der Waals surface area contributed by atoms with Crippen LogP contribution < -0.4 is 5.32 Å². The van der Waals surface area contributed by atoms with Crippen LogP contribution in [0.4, 0.5) is 5.69 Å². The second kappa shape index (κ2) is 10.4. The molecule has 3 aromatic rings. The first-order valence-corrected chi connectivity index (χ1v) is 11.7. The third kappa shape index (κ3) is 5.44. The van der Waals surface area contributed by atoms with Crippen molar-refractivity contribution < 1.29 is 22.7 Å². The maximum absolute atomic E-state index is 12.5. The quantitative estimate of drug-likeness (QED) is 0.475. The molecule has 0 saturated heterocycles. The molecule has 0 aliphatic rings. The first-order chi connectivity index (χ1) is 15.8. The molecule has 11 heteroatoms. The van der Waals surface area contributed by atoms with Crippen molar-refractivity contribution in [3.63, 3.8) is 0 Å². The van der Waals surface area contributed by atoms with E-state index in [1.54, 1.807) is 45.2 Å². The number of nitrogens with one attached hydrogen (secondary N) is 1. The van der Waals surface area contributed by atoms with Gasteiger partial charge in [0.15, 0.2) is 12.4 Å². The van der Waals surface area contributed by atoms with Crippen molar-refractivity contribution in [2.45, 2.75) is 25.7 Å². The number of rotatable bonds is 9. The maximum atomic E-state index is 12.5. The molecule has 0 aliphatic carbocycles. The molecule has 174 valence electrons. The van der Waals surface area contributed by atoms with E-state index in [2.05, 4.69) is 15.4 Å². The van der Waals surface area contributed by atoms with E-state index in [-0.39, 0.29) is 10.5 Å². The van der Waals surface area contributed by atoms with Crippen LogP contribution in [0.5, 0.6) is 0 Å². The van der Waals surface area contributed by atoms with Crippen LogP contribution in [-0.4, -0.2) is 59.1 Å². The lowest BCUT2D eigenvalue weighted by atomic mass is 10.2. The highest BCUT2D eigenvalue weighted by molar-refractivity contribution is 7.89. The monoisotopic (exact) mass is 471 g/mol. The smallest absolute Gasteiger partial charge is 0.342 e. The number of carbonyl (C=O) groups excluding carboxylic acids is 2. The van der Waals surface area contributed by atoms with E-state index in [0.717, 1.165) is 0 Å². The summed E-state index contributed by atoms with van der Waals surface area (Å²) in [5.41, 5.74) is 1.14. The van der Waals surface area contributed by atoms with Crippen LogP contribution in [-0.2, 0) is 19.6 Å². The molecule has 0 unspecified atom stereocenters. The minimum absolute atomic E-state index is 0.135. The number of nitrogens with zero attached hydrogens (tertiary/aromatic N) is 4. The predicted octanol–water partition coefficient (Wildman–Crippen LogP) is 2.40. The van der Waals surface area contributed by atoms with Gasteiger partial charge in [-0.2, -0.15) is 9.40 Å². The molecule has 1 amide bonds.